The Hall–Kier alpha value is -3.36. The van der Waals surface area contributed by atoms with Crippen LogP contribution in [0.2, 0.25) is 0 Å². The van der Waals surface area contributed by atoms with E-state index in [1.54, 1.807) is 35.9 Å². The maximum Gasteiger partial charge on any atom is 0.331 e. The highest BCUT2D eigenvalue weighted by Crippen LogP contribution is 2.29. The maximum absolute atomic E-state index is 13.5. The van der Waals surface area contributed by atoms with Crippen molar-refractivity contribution in [3.8, 4) is 17.1 Å². The predicted molar refractivity (Wildman–Crippen MR) is 110 cm³/mol. The molecule has 3 rings (SSSR count). The van der Waals surface area contributed by atoms with E-state index in [2.05, 4.69) is 26.5 Å². The average Bonchev–Trinajstić information content (AvgIpc) is 3.32. The monoisotopic (exact) mass is 505 g/mol. The minimum Gasteiger partial charge on any atom is -0.472 e. The summed E-state index contributed by atoms with van der Waals surface area (Å²) in [5, 5.41) is 1.85. The molecule has 1 heterocycles. The Labute approximate surface area is 190 Å². The fourth-order valence-corrected chi connectivity index (χ4v) is 3.52. The molecule has 0 saturated carbocycles. The molecule has 34 heavy (non-hydrogen) atoms. The first-order chi connectivity index (χ1) is 16.0. The molecule has 0 amide bonds. The summed E-state index contributed by atoms with van der Waals surface area (Å²) in [6.07, 6.45) is 1.24. The Bertz CT molecular complexity index is 1280. The second-order valence-electron chi connectivity index (χ2n) is 6.82. The van der Waals surface area contributed by atoms with E-state index in [9.17, 15) is 30.4 Å². The van der Waals surface area contributed by atoms with Crippen LogP contribution >= 0.6 is 0 Å². The van der Waals surface area contributed by atoms with Crippen LogP contribution in [0.5, 0.6) is 5.75 Å². The lowest BCUT2D eigenvalue weighted by atomic mass is 10.2. The molecule has 14 heteroatoms. The van der Waals surface area contributed by atoms with E-state index in [1.807, 2.05) is 0 Å². The molecule has 0 aliphatic heterocycles. The van der Waals surface area contributed by atoms with E-state index in [-0.39, 0.29) is 18.8 Å². The average molecular weight is 505 g/mol. The lowest BCUT2D eigenvalue weighted by Gasteiger charge is -2.11. The molecule has 0 spiro atoms. The molecule has 8 nitrogen and oxygen atoms in total. The SMILES string of the molecule is C=[N+](C)c1ccc(-c2cnc(S(=O)(=O)NCCNCOc3c(F)c(F)c(F)c(F)c3F)o2)cc1. The molecule has 2 N–H and O–H groups in total. The van der Waals surface area contributed by atoms with Crippen LogP contribution in [0.25, 0.3) is 11.3 Å². The second-order valence-corrected chi connectivity index (χ2v) is 8.47. The number of rotatable bonds is 10. The Morgan fingerprint density at radius 1 is 1.00 bits per heavy atom. The third kappa shape index (κ3) is 5.40. The zero-order valence-corrected chi connectivity index (χ0v) is 18.4. The highest BCUT2D eigenvalue weighted by molar-refractivity contribution is 7.89. The summed E-state index contributed by atoms with van der Waals surface area (Å²) in [5.41, 5.74) is 1.42. The molecule has 0 saturated heterocycles. The van der Waals surface area contributed by atoms with Crippen molar-refractivity contribution >= 4 is 22.4 Å². The topological polar surface area (TPSA) is 96.5 Å². The quantitative estimate of drug-likeness (QED) is 0.0837. The van der Waals surface area contributed by atoms with Crippen molar-refractivity contribution in [1.82, 2.24) is 15.0 Å². The zero-order chi connectivity index (χ0) is 25.0. The van der Waals surface area contributed by atoms with Crippen LogP contribution in [-0.4, -0.2) is 51.6 Å². The lowest BCUT2D eigenvalue weighted by Crippen LogP contribution is -2.33. The molecular weight excluding hydrogens is 487 g/mol. The molecule has 3 aromatic rings. The summed E-state index contributed by atoms with van der Waals surface area (Å²) in [6.45, 7) is 2.73. The third-order valence-corrected chi connectivity index (χ3v) is 5.62. The van der Waals surface area contributed by atoms with Crippen LogP contribution < -0.4 is 14.8 Å². The van der Waals surface area contributed by atoms with Gasteiger partial charge in [-0.25, -0.2) is 35.9 Å². The minimum atomic E-state index is -4.13. The Kier molecular flexibility index (Phi) is 7.64. The van der Waals surface area contributed by atoms with Gasteiger partial charge >= 0.3 is 5.22 Å². The van der Waals surface area contributed by atoms with Gasteiger partial charge in [-0.05, 0) is 12.1 Å². The molecule has 0 unspecified atom stereocenters. The normalized spacial score (nSPS) is 11.6. The second kappa shape index (κ2) is 10.3. The highest BCUT2D eigenvalue weighted by atomic mass is 32.2. The smallest absolute Gasteiger partial charge is 0.331 e. The van der Waals surface area contributed by atoms with Crippen molar-refractivity contribution in [3.63, 3.8) is 0 Å². The van der Waals surface area contributed by atoms with Gasteiger partial charge in [0, 0.05) is 30.8 Å². The Morgan fingerprint density at radius 3 is 2.18 bits per heavy atom. The first-order valence-electron chi connectivity index (χ1n) is 9.48. The van der Waals surface area contributed by atoms with Gasteiger partial charge in [-0.3, -0.25) is 5.32 Å². The summed E-state index contributed by atoms with van der Waals surface area (Å²) in [6, 6.07) is 6.93. The lowest BCUT2D eigenvalue weighted by molar-refractivity contribution is -0.394. The molecule has 0 radical (unpaired) electrons. The van der Waals surface area contributed by atoms with Gasteiger partial charge in [-0.15, -0.1) is 0 Å². The van der Waals surface area contributed by atoms with E-state index in [4.69, 9.17) is 4.42 Å². The van der Waals surface area contributed by atoms with Crippen molar-refractivity contribution in [2.45, 2.75) is 5.22 Å². The molecule has 0 aliphatic rings. The number of ether oxygens (including phenoxy) is 1. The van der Waals surface area contributed by atoms with Gasteiger partial charge in [0.2, 0.25) is 34.8 Å². The van der Waals surface area contributed by atoms with Crippen molar-refractivity contribution < 1.29 is 44.1 Å². The van der Waals surface area contributed by atoms with Crippen molar-refractivity contribution in [2.75, 3.05) is 26.9 Å². The fourth-order valence-electron chi connectivity index (χ4n) is 2.64. The number of oxazole rings is 1. The number of hydrogen-bond acceptors (Lipinski definition) is 6. The molecule has 1 aromatic heterocycles. The van der Waals surface area contributed by atoms with Crippen LogP contribution in [-0.2, 0) is 10.0 Å². The van der Waals surface area contributed by atoms with E-state index in [0.29, 0.717) is 5.56 Å². The number of nitrogens with zero attached hydrogens (tertiary/aromatic N) is 2. The molecule has 182 valence electrons. The molecule has 0 fully saturated rings. The molecular formula is C20H18F5N4O4S+. The maximum atomic E-state index is 13.5. The van der Waals surface area contributed by atoms with Crippen molar-refractivity contribution in [1.29, 1.82) is 0 Å². The third-order valence-electron chi connectivity index (χ3n) is 4.39. The van der Waals surface area contributed by atoms with Crippen LogP contribution in [0.1, 0.15) is 0 Å². The minimum absolute atomic E-state index is 0.123. The number of benzene rings is 2. The van der Waals surface area contributed by atoms with Crippen molar-refractivity contribution in [2.24, 2.45) is 0 Å². The fraction of sp³-hybridized carbons (Fsp3) is 0.200. The van der Waals surface area contributed by atoms with Crippen LogP contribution in [0.3, 0.4) is 0 Å². The summed E-state index contributed by atoms with van der Waals surface area (Å²) in [4.78, 5) is 3.75. The van der Waals surface area contributed by atoms with Gasteiger partial charge in [0.1, 0.15) is 20.5 Å². The summed E-state index contributed by atoms with van der Waals surface area (Å²) in [5.74, 6) is -12.1. The molecule has 2 aromatic carbocycles. The number of hydrogen-bond donors (Lipinski definition) is 2. The first kappa shape index (κ1) is 25.3. The summed E-state index contributed by atoms with van der Waals surface area (Å²) in [7, 11) is -2.36. The number of aromatic nitrogens is 1. The number of nitrogens with one attached hydrogen (secondary N) is 2. The van der Waals surface area contributed by atoms with Gasteiger partial charge in [0.05, 0.1) is 6.20 Å². The van der Waals surface area contributed by atoms with Crippen LogP contribution in [0.15, 0.2) is 40.1 Å². The van der Waals surface area contributed by atoms with Gasteiger partial charge in [0.25, 0.3) is 10.0 Å². The van der Waals surface area contributed by atoms with Gasteiger partial charge < -0.3 is 9.15 Å². The summed E-state index contributed by atoms with van der Waals surface area (Å²) >= 11 is 0. The van der Waals surface area contributed by atoms with E-state index in [0.717, 1.165) is 5.69 Å². The zero-order valence-electron chi connectivity index (χ0n) is 17.5. The Balaban J connectivity index is 1.52. The molecule has 0 aliphatic carbocycles. The summed E-state index contributed by atoms with van der Waals surface area (Å²) < 4.78 is 105. The van der Waals surface area contributed by atoms with E-state index in [1.165, 1.54) is 6.20 Å². The van der Waals surface area contributed by atoms with Crippen LogP contribution in [0.4, 0.5) is 27.6 Å². The largest absolute Gasteiger partial charge is 0.472 e. The number of halogens is 5. The Morgan fingerprint density at radius 2 is 1.59 bits per heavy atom. The standard InChI is InChI=1S/C20H18F5N4O4S/c1-29(2)12-5-3-11(4-6-12)13-9-27-20(33-13)34(30,31)28-8-7-26-10-32-19-17(24)15(22)14(21)16(23)18(19)25/h3-6,9,26,28H,1,7-8,10H2,2H3/q+1. The predicted octanol–water partition coefficient (Wildman–Crippen LogP) is 2.92. The van der Waals surface area contributed by atoms with Gasteiger partial charge in [-0.1, -0.05) is 0 Å². The highest BCUT2D eigenvalue weighted by Gasteiger charge is 2.27. The van der Waals surface area contributed by atoms with E-state index < -0.39 is 56.8 Å². The molecule has 0 atom stereocenters. The van der Waals surface area contributed by atoms with Gasteiger partial charge in [0.15, 0.2) is 11.5 Å². The first-order valence-corrected chi connectivity index (χ1v) is 11.0. The number of sulfonamides is 1. The molecule has 0 bridgehead atoms. The van der Waals surface area contributed by atoms with Crippen LogP contribution in [0, 0.1) is 29.1 Å². The van der Waals surface area contributed by atoms with Crippen molar-refractivity contribution in [3.05, 3.63) is 59.5 Å². The van der Waals surface area contributed by atoms with E-state index >= 15 is 0 Å². The van der Waals surface area contributed by atoms with Gasteiger partial charge in [-0.2, -0.15) is 8.78 Å².